The van der Waals surface area contributed by atoms with Crippen LogP contribution >= 0.6 is 23.1 Å². The number of nitrogens with one attached hydrogen (secondary N) is 1. The Kier molecular flexibility index (Phi) is 8.21. The van der Waals surface area contributed by atoms with Crippen molar-refractivity contribution in [2.45, 2.75) is 63.1 Å². The molecule has 146 valence electrons. The SMILES string of the molecule is CC(C)CCN(C(=O)Nc1ncc(SCC(=O)O)s1)C1CCC(C)CC1. The molecule has 0 aliphatic heterocycles. The third-order valence-corrected chi connectivity index (χ3v) is 6.76. The minimum absolute atomic E-state index is 0.00362. The van der Waals surface area contributed by atoms with Crippen molar-refractivity contribution >= 4 is 40.2 Å². The second-order valence-electron chi connectivity index (χ2n) is 7.39. The Bertz CT molecular complexity index is 598. The molecule has 1 aliphatic rings. The molecule has 0 radical (unpaired) electrons. The lowest BCUT2D eigenvalue weighted by Crippen LogP contribution is -2.45. The lowest BCUT2D eigenvalue weighted by atomic mass is 9.86. The van der Waals surface area contributed by atoms with Gasteiger partial charge < -0.3 is 10.0 Å². The van der Waals surface area contributed by atoms with Crippen LogP contribution in [0.15, 0.2) is 10.4 Å². The van der Waals surface area contributed by atoms with E-state index in [1.807, 2.05) is 4.90 Å². The second-order valence-corrected chi connectivity index (χ2v) is 9.69. The zero-order valence-electron chi connectivity index (χ0n) is 15.7. The van der Waals surface area contributed by atoms with Crippen molar-refractivity contribution in [3.8, 4) is 0 Å². The predicted molar refractivity (Wildman–Crippen MR) is 107 cm³/mol. The molecular weight excluding hydrogens is 370 g/mol. The standard InChI is InChI=1S/C18H29N3O3S2/c1-12(2)8-9-21(14-6-4-13(3)5-7-14)18(24)20-17-19-10-16(26-17)25-11-15(22)23/h10,12-14H,4-9,11H2,1-3H3,(H,22,23)(H,19,20,24). The fourth-order valence-corrected chi connectivity index (χ4v) is 4.66. The maximum Gasteiger partial charge on any atom is 0.323 e. The van der Waals surface area contributed by atoms with Gasteiger partial charge in [-0.3, -0.25) is 10.1 Å². The van der Waals surface area contributed by atoms with Gasteiger partial charge in [-0.1, -0.05) is 32.1 Å². The fraction of sp³-hybridized carbons (Fsp3) is 0.722. The Morgan fingerprint density at radius 3 is 2.69 bits per heavy atom. The number of carbonyl (C=O) groups excluding carboxylic acids is 1. The number of hydrogen-bond donors (Lipinski definition) is 2. The Balaban J connectivity index is 1.97. The highest BCUT2D eigenvalue weighted by Crippen LogP contribution is 2.30. The third kappa shape index (κ3) is 6.79. The van der Waals surface area contributed by atoms with Gasteiger partial charge in [0, 0.05) is 12.6 Å². The van der Waals surface area contributed by atoms with E-state index in [2.05, 4.69) is 31.1 Å². The number of aliphatic carboxylic acids is 1. The zero-order chi connectivity index (χ0) is 19.1. The first-order chi connectivity index (χ1) is 12.3. The van der Waals surface area contributed by atoms with Gasteiger partial charge in [-0.15, -0.1) is 11.8 Å². The number of carboxylic acid groups (broad SMARTS) is 1. The molecule has 1 saturated carbocycles. The lowest BCUT2D eigenvalue weighted by Gasteiger charge is -2.36. The molecule has 1 aliphatic carbocycles. The zero-order valence-corrected chi connectivity index (χ0v) is 17.4. The summed E-state index contributed by atoms with van der Waals surface area (Å²) in [5.74, 6) is 0.428. The van der Waals surface area contributed by atoms with Crippen molar-refractivity contribution in [1.29, 1.82) is 0 Å². The number of hydrogen-bond acceptors (Lipinski definition) is 5. The molecular formula is C18H29N3O3S2. The van der Waals surface area contributed by atoms with E-state index in [-0.39, 0.29) is 11.8 Å². The highest BCUT2D eigenvalue weighted by molar-refractivity contribution is 8.01. The normalized spacial score (nSPS) is 20.2. The van der Waals surface area contributed by atoms with E-state index < -0.39 is 5.97 Å². The highest BCUT2D eigenvalue weighted by Gasteiger charge is 2.28. The van der Waals surface area contributed by atoms with Crippen molar-refractivity contribution in [2.24, 2.45) is 11.8 Å². The van der Waals surface area contributed by atoms with E-state index in [9.17, 15) is 9.59 Å². The van der Waals surface area contributed by atoms with Gasteiger partial charge in [-0.2, -0.15) is 0 Å². The van der Waals surface area contributed by atoms with Crippen molar-refractivity contribution in [3.63, 3.8) is 0 Å². The Labute approximate surface area is 163 Å². The summed E-state index contributed by atoms with van der Waals surface area (Å²) in [6.07, 6.45) is 7.06. The second kappa shape index (κ2) is 10.2. The lowest BCUT2D eigenvalue weighted by molar-refractivity contribution is -0.133. The number of carboxylic acids is 1. The van der Waals surface area contributed by atoms with E-state index in [1.165, 1.54) is 35.9 Å². The number of anilines is 1. The average molecular weight is 400 g/mol. The van der Waals surface area contributed by atoms with Crippen LogP contribution in [0.3, 0.4) is 0 Å². The molecule has 0 spiro atoms. The highest BCUT2D eigenvalue weighted by atomic mass is 32.2. The predicted octanol–water partition coefficient (Wildman–Crippen LogP) is 4.78. The van der Waals surface area contributed by atoms with Crippen LogP contribution in [0.1, 0.15) is 52.9 Å². The molecule has 2 rings (SSSR count). The molecule has 1 fully saturated rings. The first kappa shape index (κ1) is 21.0. The summed E-state index contributed by atoms with van der Waals surface area (Å²) in [6.45, 7) is 7.38. The Morgan fingerprint density at radius 1 is 1.38 bits per heavy atom. The van der Waals surface area contributed by atoms with Gasteiger partial charge in [0.1, 0.15) is 0 Å². The summed E-state index contributed by atoms with van der Waals surface area (Å²) in [6, 6.07) is 0.208. The van der Waals surface area contributed by atoms with Gasteiger partial charge in [0.05, 0.1) is 16.2 Å². The topological polar surface area (TPSA) is 82.5 Å². The molecule has 0 saturated heterocycles. The number of rotatable bonds is 8. The van der Waals surface area contributed by atoms with Gasteiger partial charge >= 0.3 is 12.0 Å². The van der Waals surface area contributed by atoms with Crippen LogP contribution in [0, 0.1) is 11.8 Å². The Morgan fingerprint density at radius 2 is 2.08 bits per heavy atom. The van der Waals surface area contributed by atoms with Crippen LogP contribution in [-0.4, -0.2) is 45.3 Å². The number of urea groups is 1. The van der Waals surface area contributed by atoms with Crippen molar-refractivity contribution < 1.29 is 14.7 Å². The average Bonchev–Trinajstić information content (AvgIpc) is 3.02. The molecule has 1 aromatic rings. The smallest absolute Gasteiger partial charge is 0.323 e. The van der Waals surface area contributed by atoms with Crippen molar-refractivity contribution in [2.75, 3.05) is 17.6 Å². The quantitative estimate of drug-likeness (QED) is 0.615. The first-order valence-corrected chi connectivity index (χ1v) is 11.0. The molecule has 8 heteroatoms. The maximum atomic E-state index is 12.9. The maximum absolute atomic E-state index is 12.9. The summed E-state index contributed by atoms with van der Waals surface area (Å²) < 4.78 is 0.794. The number of thioether (sulfide) groups is 1. The monoisotopic (exact) mass is 399 g/mol. The van der Waals surface area contributed by atoms with Crippen LogP contribution in [0.4, 0.5) is 9.93 Å². The van der Waals surface area contributed by atoms with Gasteiger partial charge in [0.25, 0.3) is 0 Å². The summed E-state index contributed by atoms with van der Waals surface area (Å²) in [4.78, 5) is 29.7. The summed E-state index contributed by atoms with van der Waals surface area (Å²) in [7, 11) is 0. The van der Waals surface area contributed by atoms with Crippen LogP contribution < -0.4 is 5.32 Å². The number of thiazole rings is 1. The minimum atomic E-state index is -0.861. The van der Waals surface area contributed by atoms with Crippen molar-refractivity contribution in [3.05, 3.63) is 6.20 Å². The number of nitrogens with zero attached hydrogens (tertiary/aromatic N) is 2. The Hall–Kier alpha value is -1.28. The van der Waals surface area contributed by atoms with E-state index in [0.717, 1.165) is 35.9 Å². The third-order valence-electron chi connectivity index (χ3n) is 4.67. The molecule has 0 atom stereocenters. The van der Waals surface area contributed by atoms with E-state index in [1.54, 1.807) is 6.20 Å². The van der Waals surface area contributed by atoms with Gasteiger partial charge in [0.2, 0.25) is 0 Å². The molecule has 0 bridgehead atoms. The van der Waals surface area contributed by atoms with Crippen LogP contribution in [0.25, 0.3) is 0 Å². The summed E-state index contributed by atoms with van der Waals surface area (Å²) in [5, 5.41) is 12.2. The summed E-state index contributed by atoms with van der Waals surface area (Å²) in [5.41, 5.74) is 0. The van der Waals surface area contributed by atoms with Gasteiger partial charge in [-0.25, -0.2) is 9.78 Å². The van der Waals surface area contributed by atoms with Gasteiger partial charge in [-0.05, 0) is 43.9 Å². The van der Waals surface area contributed by atoms with Crippen LogP contribution in [-0.2, 0) is 4.79 Å². The van der Waals surface area contributed by atoms with Gasteiger partial charge in [0.15, 0.2) is 5.13 Å². The van der Waals surface area contributed by atoms with E-state index >= 15 is 0 Å². The molecule has 2 amide bonds. The molecule has 1 heterocycles. The van der Waals surface area contributed by atoms with Crippen molar-refractivity contribution in [1.82, 2.24) is 9.88 Å². The molecule has 6 nitrogen and oxygen atoms in total. The fourth-order valence-electron chi connectivity index (χ4n) is 3.08. The van der Waals surface area contributed by atoms with Crippen LogP contribution in [0.2, 0.25) is 0 Å². The number of carbonyl (C=O) groups is 2. The molecule has 26 heavy (non-hydrogen) atoms. The van der Waals surface area contributed by atoms with E-state index in [4.69, 9.17) is 5.11 Å². The largest absolute Gasteiger partial charge is 0.481 e. The summed E-state index contributed by atoms with van der Waals surface area (Å²) >= 11 is 2.54. The molecule has 0 aromatic carbocycles. The molecule has 1 aromatic heterocycles. The minimum Gasteiger partial charge on any atom is -0.481 e. The molecule has 0 unspecified atom stereocenters. The first-order valence-electron chi connectivity index (χ1n) is 9.23. The number of amides is 2. The van der Waals surface area contributed by atoms with E-state index in [0.29, 0.717) is 17.1 Å². The van der Waals surface area contributed by atoms with Crippen LogP contribution in [0.5, 0.6) is 0 Å². The molecule has 2 N–H and O–H groups in total. The number of aromatic nitrogens is 1.